The average Bonchev–Trinajstić information content (AvgIpc) is 3.42. The molecule has 1 saturated carbocycles. The molecule has 0 saturated heterocycles. The van der Waals surface area contributed by atoms with Crippen LogP contribution in [0.5, 0.6) is 0 Å². The molecule has 3 aromatic heterocycles. The lowest BCUT2D eigenvalue weighted by molar-refractivity contribution is -0.137. The van der Waals surface area contributed by atoms with Gasteiger partial charge in [-0.1, -0.05) is 13.0 Å². The maximum Gasteiger partial charge on any atom is 0.417 e. The first-order chi connectivity index (χ1) is 14.6. The Morgan fingerprint density at radius 1 is 1.23 bits per heavy atom. The quantitative estimate of drug-likeness (QED) is 0.607. The normalized spacial score (nSPS) is 16.9. The van der Waals surface area contributed by atoms with Gasteiger partial charge >= 0.3 is 6.18 Å². The van der Waals surface area contributed by atoms with Crippen molar-refractivity contribution in [1.82, 2.24) is 14.6 Å². The van der Waals surface area contributed by atoms with Crippen molar-refractivity contribution in [3.05, 3.63) is 53.0 Å². The standard InChI is InChI=1S/C20H17F3N4O3S/c1-2-31(29,30)17-16-6-5-12(11-3-4-11)9-27(16)25-18(17)26-10-15-14(19(26)28)7-13(8-24-15)20(21,22)23/h5-9,11H,2-4,10H2,1H3. The first-order valence-corrected chi connectivity index (χ1v) is 11.4. The summed E-state index contributed by atoms with van der Waals surface area (Å²) >= 11 is 0. The molecule has 1 aliphatic carbocycles. The lowest BCUT2D eigenvalue weighted by Gasteiger charge is -2.14. The Morgan fingerprint density at radius 2 is 1.97 bits per heavy atom. The highest BCUT2D eigenvalue weighted by Crippen LogP contribution is 2.41. The number of carbonyl (C=O) groups is 1. The number of sulfone groups is 1. The summed E-state index contributed by atoms with van der Waals surface area (Å²) in [5.41, 5.74) is 0.259. The topological polar surface area (TPSA) is 84.6 Å². The minimum atomic E-state index is -4.64. The van der Waals surface area contributed by atoms with Gasteiger partial charge in [-0.15, -0.1) is 5.10 Å². The Balaban J connectivity index is 1.65. The van der Waals surface area contributed by atoms with Crippen molar-refractivity contribution < 1.29 is 26.4 Å². The number of alkyl halides is 3. The van der Waals surface area contributed by atoms with Crippen LogP contribution >= 0.6 is 0 Å². The van der Waals surface area contributed by atoms with Gasteiger partial charge in [0.2, 0.25) is 0 Å². The number of hydrogen-bond acceptors (Lipinski definition) is 5. The number of aromatic nitrogens is 3. The molecule has 0 unspecified atom stereocenters. The summed E-state index contributed by atoms with van der Waals surface area (Å²) in [5, 5.41) is 4.38. The van der Waals surface area contributed by atoms with Crippen molar-refractivity contribution in [2.24, 2.45) is 0 Å². The Morgan fingerprint density at radius 3 is 2.61 bits per heavy atom. The zero-order chi connectivity index (χ0) is 22.1. The number of hydrogen-bond donors (Lipinski definition) is 0. The molecule has 31 heavy (non-hydrogen) atoms. The molecule has 7 nitrogen and oxygen atoms in total. The molecule has 2 aliphatic rings. The molecular formula is C20H17F3N4O3S. The lowest BCUT2D eigenvalue weighted by Crippen LogP contribution is -2.25. The molecule has 0 aromatic carbocycles. The highest BCUT2D eigenvalue weighted by molar-refractivity contribution is 7.91. The number of halogens is 3. The van der Waals surface area contributed by atoms with Crippen LogP contribution in [0.1, 0.15) is 52.9 Å². The molecule has 3 aromatic rings. The third-order valence-corrected chi connectivity index (χ3v) is 7.44. The van der Waals surface area contributed by atoms with Gasteiger partial charge in [-0.2, -0.15) is 13.2 Å². The molecule has 5 rings (SSSR count). The van der Waals surface area contributed by atoms with Gasteiger partial charge in [0, 0.05) is 12.4 Å². The summed E-state index contributed by atoms with van der Waals surface area (Å²) in [6.07, 6.45) is -0.127. The molecule has 0 spiro atoms. The van der Waals surface area contributed by atoms with Crippen molar-refractivity contribution in [2.45, 2.75) is 43.3 Å². The second-order valence-electron chi connectivity index (χ2n) is 7.73. The van der Waals surface area contributed by atoms with E-state index in [-0.39, 0.29) is 34.3 Å². The van der Waals surface area contributed by atoms with Crippen LogP contribution in [-0.2, 0) is 22.6 Å². The monoisotopic (exact) mass is 450 g/mol. The number of pyridine rings is 2. The van der Waals surface area contributed by atoms with Crippen LogP contribution in [0.15, 0.2) is 35.5 Å². The highest BCUT2D eigenvalue weighted by atomic mass is 32.2. The number of nitrogens with zero attached hydrogens (tertiary/aromatic N) is 4. The first kappa shape index (κ1) is 20.0. The summed E-state index contributed by atoms with van der Waals surface area (Å²) in [7, 11) is -3.79. The van der Waals surface area contributed by atoms with E-state index < -0.39 is 27.5 Å². The van der Waals surface area contributed by atoms with Crippen molar-refractivity contribution in [1.29, 1.82) is 0 Å². The van der Waals surface area contributed by atoms with Gasteiger partial charge in [-0.3, -0.25) is 14.7 Å². The van der Waals surface area contributed by atoms with Crippen molar-refractivity contribution in [3.63, 3.8) is 0 Å². The van der Waals surface area contributed by atoms with E-state index in [4.69, 9.17) is 0 Å². The molecule has 0 radical (unpaired) electrons. The number of amides is 1. The minimum Gasteiger partial charge on any atom is -0.284 e. The number of fused-ring (bicyclic) bond motifs is 2. The number of carbonyl (C=O) groups excluding carboxylic acids is 1. The Kier molecular flexibility index (Phi) is 4.20. The summed E-state index contributed by atoms with van der Waals surface area (Å²) < 4.78 is 66.4. The van der Waals surface area contributed by atoms with Crippen LogP contribution < -0.4 is 4.90 Å². The molecule has 1 aliphatic heterocycles. The molecule has 0 atom stereocenters. The second kappa shape index (κ2) is 6.52. The molecule has 162 valence electrons. The highest BCUT2D eigenvalue weighted by Gasteiger charge is 2.39. The summed E-state index contributed by atoms with van der Waals surface area (Å²) in [6.45, 7) is 1.33. The predicted octanol–water partition coefficient (Wildman–Crippen LogP) is 3.58. The van der Waals surface area contributed by atoms with Gasteiger partial charge < -0.3 is 0 Å². The van der Waals surface area contributed by atoms with E-state index in [1.165, 1.54) is 11.4 Å². The van der Waals surface area contributed by atoms with Gasteiger partial charge in [-0.25, -0.2) is 12.9 Å². The molecule has 11 heteroatoms. The molecule has 1 amide bonds. The second-order valence-corrected chi connectivity index (χ2v) is 9.95. The van der Waals surface area contributed by atoms with Crippen LogP contribution in [0.2, 0.25) is 0 Å². The van der Waals surface area contributed by atoms with Crippen molar-refractivity contribution in [3.8, 4) is 0 Å². The fourth-order valence-electron chi connectivity index (χ4n) is 3.80. The molecule has 0 bridgehead atoms. The van der Waals surface area contributed by atoms with E-state index in [1.807, 2.05) is 6.07 Å². The average molecular weight is 450 g/mol. The first-order valence-electron chi connectivity index (χ1n) is 9.73. The van der Waals surface area contributed by atoms with Crippen LogP contribution in [0.4, 0.5) is 19.0 Å². The van der Waals surface area contributed by atoms with Crippen LogP contribution in [0.25, 0.3) is 5.52 Å². The largest absolute Gasteiger partial charge is 0.417 e. The third-order valence-electron chi connectivity index (χ3n) is 5.67. The van der Waals surface area contributed by atoms with Crippen LogP contribution in [0.3, 0.4) is 0 Å². The van der Waals surface area contributed by atoms with Gasteiger partial charge in [0.05, 0.1) is 34.6 Å². The molecule has 1 fully saturated rings. The van der Waals surface area contributed by atoms with Gasteiger partial charge in [-0.05, 0) is 36.5 Å². The Labute approximate surface area is 175 Å². The number of anilines is 1. The summed E-state index contributed by atoms with van der Waals surface area (Å²) in [5.74, 6) is -0.652. The van der Waals surface area contributed by atoms with E-state index >= 15 is 0 Å². The molecular weight excluding hydrogens is 433 g/mol. The lowest BCUT2D eigenvalue weighted by atomic mass is 10.1. The fourth-order valence-corrected chi connectivity index (χ4v) is 5.00. The van der Waals surface area contributed by atoms with Gasteiger partial charge in [0.1, 0.15) is 4.90 Å². The predicted molar refractivity (Wildman–Crippen MR) is 105 cm³/mol. The van der Waals surface area contributed by atoms with E-state index in [1.54, 1.807) is 12.3 Å². The van der Waals surface area contributed by atoms with Crippen LogP contribution in [0, 0.1) is 0 Å². The molecule has 4 heterocycles. The van der Waals surface area contributed by atoms with E-state index in [0.717, 1.165) is 29.4 Å². The Hall–Kier alpha value is -2.95. The van der Waals surface area contributed by atoms with Gasteiger partial charge in [0.25, 0.3) is 5.91 Å². The molecule has 0 N–H and O–H groups in total. The Bertz CT molecular complexity index is 1340. The van der Waals surface area contributed by atoms with Crippen molar-refractivity contribution in [2.75, 3.05) is 10.7 Å². The van der Waals surface area contributed by atoms with Crippen molar-refractivity contribution >= 4 is 27.1 Å². The fraction of sp³-hybridized carbons (Fsp3) is 0.350. The smallest absolute Gasteiger partial charge is 0.284 e. The van der Waals surface area contributed by atoms with Crippen LogP contribution in [-0.4, -0.2) is 34.7 Å². The summed E-state index contributed by atoms with van der Waals surface area (Å²) in [6, 6.07) is 4.27. The zero-order valence-corrected chi connectivity index (χ0v) is 17.2. The van der Waals surface area contributed by atoms with E-state index in [9.17, 15) is 26.4 Å². The summed E-state index contributed by atoms with van der Waals surface area (Å²) in [4.78, 5) is 17.8. The third kappa shape index (κ3) is 3.18. The zero-order valence-electron chi connectivity index (χ0n) is 16.3. The SMILES string of the molecule is CCS(=O)(=O)c1c(N2Cc3ncc(C(F)(F)F)cc3C2=O)nn2cc(C3CC3)ccc12. The van der Waals surface area contributed by atoms with E-state index in [2.05, 4.69) is 10.1 Å². The van der Waals surface area contributed by atoms with E-state index in [0.29, 0.717) is 17.6 Å². The minimum absolute atomic E-state index is 0.0913. The maximum absolute atomic E-state index is 13.1. The van der Waals surface area contributed by atoms with Gasteiger partial charge in [0.15, 0.2) is 15.7 Å². The number of rotatable bonds is 4. The maximum atomic E-state index is 13.1.